The predicted octanol–water partition coefficient (Wildman–Crippen LogP) is 1.42. The number of nitrogens with two attached hydrogens (primary N) is 1. The number of rotatable bonds is 1. The van der Waals surface area contributed by atoms with E-state index in [2.05, 4.69) is 27.9 Å². The van der Waals surface area contributed by atoms with Crippen molar-refractivity contribution in [1.82, 2.24) is 9.80 Å². The van der Waals surface area contributed by atoms with Gasteiger partial charge in [0.05, 0.1) is 5.56 Å². The van der Waals surface area contributed by atoms with Gasteiger partial charge in [-0.05, 0) is 41.2 Å². The van der Waals surface area contributed by atoms with Crippen LogP contribution in [0.4, 0.5) is 5.69 Å². The van der Waals surface area contributed by atoms with Gasteiger partial charge in [-0.3, -0.25) is 4.79 Å². The number of benzene rings is 1. The van der Waals surface area contributed by atoms with Crippen molar-refractivity contribution in [2.45, 2.75) is 0 Å². The highest BCUT2D eigenvalue weighted by molar-refractivity contribution is 9.10. The summed E-state index contributed by atoms with van der Waals surface area (Å²) in [5.74, 6) is 0.0530. The van der Waals surface area contributed by atoms with Gasteiger partial charge in [0, 0.05) is 36.3 Å². The number of piperazine rings is 1. The number of hydrogen-bond donors (Lipinski definition) is 1. The third-order valence-corrected chi connectivity index (χ3v) is 3.70. The van der Waals surface area contributed by atoms with Crippen LogP contribution in [0.3, 0.4) is 0 Å². The summed E-state index contributed by atoms with van der Waals surface area (Å²) in [6, 6.07) is 5.33. The molecule has 0 radical (unpaired) electrons. The lowest BCUT2D eigenvalue weighted by Crippen LogP contribution is -2.47. The van der Waals surface area contributed by atoms with E-state index in [-0.39, 0.29) is 5.91 Å². The summed E-state index contributed by atoms with van der Waals surface area (Å²) >= 11 is 3.40. The Morgan fingerprint density at radius 3 is 2.59 bits per heavy atom. The van der Waals surface area contributed by atoms with E-state index in [1.54, 1.807) is 12.1 Å². The smallest absolute Gasteiger partial charge is 0.255 e. The summed E-state index contributed by atoms with van der Waals surface area (Å²) in [6.45, 7) is 3.39. The van der Waals surface area contributed by atoms with Gasteiger partial charge in [0.15, 0.2) is 0 Å². The van der Waals surface area contributed by atoms with Crippen molar-refractivity contribution < 1.29 is 4.79 Å². The first-order valence-corrected chi connectivity index (χ1v) is 6.40. The molecule has 0 spiro atoms. The average Bonchev–Trinajstić information content (AvgIpc) is 2.32. The van der Waals surface area contributed by atoms with Gasteiger partial charge >= 0.3 is 0 Å². The van der Waals surface area contributed by atoms with Gasteiger partial charge in [0.25, 0.3) is 5.91 Å². The molecule has 0 saturated carbocycles. The largest absolute Gasteiger partial charge is 0.399 e. The Hall–Kier alpha value is -1.07. The SMILES string of the molecule is CN1CCN(C(=O)c2cc(N)ccc2Br)CC1. The van der Waals surface area contributed by atoms with E-state index in [1.165, 1.54) is 0 Å². The van der Waals surface area contributed by atoms with Gasteiger partial charge in [0.1, 0.15) is 0 Å². The van der Waals surface area contributed by atoms with Crippen molar-refractivity contribution in [2.24, 2.45) is 0 Å². The molecule has 0 bridgehead atoms. The molecule has 0 aromatic heterocycles. The van der Waals surface area contributed by atoms with Gasteiger partial charge < -0.3 is 15.5 Å². The Morgan fingerprint density at radius 2 is 1.94 bits per heavy atom. The number of likely N-dealkylation sites (N-methyl/N-ethyl adjacent to an activating group) is 1. The number of amides is 1. The molecule has 17 heavy (non-hydrogen) atoms. The van der Waals surface area contributed by atoms with Crippen LogP contribution in [-0.4, -0.2) is 48.9 Å². The fourth-order valence-corrected chi connectivity index (χ4v) is 2.30. The number of halogens is 1. The maximum absolute atomic E-state index is 12.3. The van der Waals surface area contributed by atoms with Gasteiger partial charge in [-0.15, -0.1) is 0 Å². The predicted molar refractivity (Wildman–Crippen MR) is 72.0 cm³/mol. The molecule has 0 aliphatic carbocycles. The molecular formula is C12H16BrN3O. The Kier molecular flexibility index (Phi) is 3.69. The number of anilines is 1. The van der Waals surface area contributed by atoms with Gasteiger partial charge in [-0.2, -0.15) is 0 Å². The van der Waals surface area contributed by atoms with Crippen LogP contribution in [0.25, 0.3) is 0 Å². The van der Waals surface area contributed by atoms with Crippen LogP contribution in [-0.2, 0) is 0 Å². The molecule has 1 fully saturated rings. The van der Waals surface area contributed by atoms with Crippen molar-refractivity contribution in [3.63, 3.8) is 0 Å². The molecule has 4 nitrogen and oxygen atoms in total. The molecule has 1 aliphatic heterocycles. The van der Waals surface area contributed by atoms with Crippen LogP contribution in [0.1, 0.15) is 10.4 Å². The Bertz CT molecular complexity index is 428. The van der Waals surface area contributed by atoms with Crippen molar-refractivity contribution in [1.29, 1.82) is 0 Å². The minimum absolute atomic E-state index is 0.0530. The minimum atomic E-state index is 0.0530. The second-order valence-corrected chi connectivity index (χ2v) is 5.19. The lowest BCUT2D eigenvalue weighted by Gasteiger charge is -2.32. The fraction of sp³-hybridized carbons (Fsp3) is 0.417. The van der Waals surface area contributed by atoms with Gasteiger partial charge in [-0.1, -0.05) is 0 Å². The zero-order chi connectivity index (χ0) is 12.4. The van der Waals surface area contributed by atoms with E-state index in [4.69, 9.17) is 5.73 Å². The highest BCUT2D eigenvalue weighted by Crippen LogP contribution is 2.21. The second kappa shape index (κ2) is 5.06. The summed E-state index contributed by atoms with van der Waals surface area (Å²) in [6.07, 6.45) is 0. The fourth-order valence-electron chi connectivity index (χ4n) is 1.89. The van der Waals surface area contributed by atoms with E-state index < -0.39 is 0 Å². The second-order valence-electron chi connectivity index (χ2n) is 4.33. The molecule has 1 aliphatic rings. The molecule has 2 rings (SSSR count). The summed E-state index contributed by atoms with van der Waals surface area (Å²) in [4.78, 5) is 16.4. The first-order chi connectivity index (χ1) is 8.08. The van der Waals surface area contributed by atoms with E-state index in [1.807, 2.05) is 11.0 Å². The lowest BCUT2D eigenvalue weighted by molar-refractivity contribution is 0.0663. The maximum atomic E-state index is 12.3. The average molecular weight is 298 g/mol. The van der Waals surface area contributed by atoms with Crippen LogP contribution >= 0.6 is 15.9 Å². The molecule has 5 heteroatoms. The zero-order valence-electron chi connectivity index (χ0n) is 9.82. The molecule has 1 heterocycles. The van der Waals surface area contributed by atoms with Gasteiger partial charge in [-0.25, -0.2) is 0 Å². The van der Waals surface area contributed by atoms with Crippen LogP contribution < -0.4 is 5.73 Å². The summed E-state index contributed by atoms with van der Waals surface area (Å²) in [5.41, 5.74) is 6.98. The standard InChI is InChI=1S/C12H16BrN3O/c1-15-4-6-16(7-5-15)12(17)10-8-9(14)2-3-11(10)13/h2-3,8H,4-7,14H2,1H3. The molecule has 0 unspecified atom stereocenters. The topological polar surface area (TPSA) is 49.6 Å². The molecule has 1 aromatic carbocycles. The monoisotopic (exact) mass is 297 g/mol. The Balaban J connectivity index is 2.16. The van der Waals surface area contributed by atoms with Crippen LogP contribution in [0.5, 0.6) is 0 Å². The molecule has 1 amide bonds. The third-order valence-electron chi connectivity index (χ3n) is 3.01. The number of carbonyl (C=O) groups excluding carboxylic acids is 1. The van der Waals surface area contributed by atoms with Crippen molar-refractivity contribution >= 4 is 27.5 Å². The maximum Gasteiger partial charge on any atom is 0.255 e. The normalized spacial score (nSPS) is 17.2. The van der Waals surface area contributed by atoms with E-state index in [9.17, 15) is 4.79 Å². The summed E-state index contributed by atoms with van der Waals surface area (Å²) in [7, 11) is 2.07. The minimum Gasteiger partial charge on any atom is -0.399 e. The number of nitrogen functional groups attached to an aromatic ring is 1. The summed E-state index contributed by atoms with van der Waals surface area (Å²) < 4.78 is 0.802. The molecule has 92 valence electrons. The van der Waals surface area contributed by atoms with E-state index in [0.29, 0.717) is 11.3 Å². The molecule has 1 aromatic rings. The first kappa shape index (κ1) is 12.4. The molecule has 2 N–H and O–H groups in total. The van der Waals surface area contributed by atoms with E-state index >= 15 is 0 Å². The highest BCUT2D eigenvalue weighted by atomic mass is 79.9. The Labute approximate surface area is 110 Å². The number of nitrogens with zero attached hydrogens (tertiary/aromatic N) is 2. The van der Waals surface area contributed by atoms with Crippen LogP contribution in [0, 0.1) is 0 Å². The van der Waals surface area contributed by atoms with Crippen molar-refractivity contribution in [3.05, 3.63) is 28.2 Å². The van der Waals surface area contributed by atoms with Crippen LogP contribution in [0.2, 0.25) is 0 Å². The number of carbonyl (C=O) groups is 1. The molecule has 0 atom stereocenters. The van der Waals surface area contributed by atoms with Crippen LogP contribution in [0.15, 0.2) is 22.7 Å². The third kappa shape index (κ3) is 2.79. The summed E-state index contributed by atoms with van der Waals surface area (Å²) in [5, 5.41) is 0. The number of hydrogen-bond acceptors (Lipinski definition) is 3. The van der Waals surface area contributed by atoms with E-state index in [0.717, 1.165) is 30.7 Å². The molecular weight excluding hydrogens is 282 g/mol. The van der Waals surface area contributed by atoms with Crippen molar-refractivity contribution in [3.8, 4) is 0 Å². The lowest BCUT2D eigenvalue weighted by atomic mass is 10.1. The van der Waals surface area contributed by atoms with Crippen molar-refractivity contribution in [2.75, 3.05) is 39.0 Å². The first-order valence-electron chi connectivity index (χ1n) is 5.61. The zero-order valence-corrected chi connectivity index (χ0v) is 11.4. The highest BCUT2D eigenvalue weighted by Gasteiger charge is 2.21. The molecule has 1 saturated heterocycles. The Morgan fingerprint density at radius 1 is 1.29 bits per heavy atom. The van der Waals surface area contributed by atoms with Gasteiger partial charge in [0.2, 0.25) is 0 Å². The quantitative estimate of drug-likeness (QED) is 0.798.